The van der Waals surface area contributed by atoms with Crippen LogP contribution in [0.4, 0.5) is 0 Å². The Kier molecular flexibility index (Phi) is 6.89. The fourth-order valence-electron chi connectivity index (χ4n) is 6.40. The van der Waals surface area contributed by atoms with Crippen LogP contribution in [0.2, 0.25) is 0 Å². The SMILES string of the molecule is C=C(c1ccccc1)c1ccc2c(oc3ccc(-c4cc(-c5ccccc5)nc(-c5ccccc5)c4)cc32)c1-c1ccccc1C. The molecule has 0 saturated carbocycles. The van der Waals surface area contributed by atoms with Gasteiger partial charge in [0.05, 0.1) is 11.4 Å². The summed E-state index contributed by atoms with van der Waals surface area (Å²) in [6, 6.07) is 54.9. The molecule has 0 saturated heterocycles. The molecule has 2 heteroatoms. The largest absolute Gasteiger partial charge is 0.455 e. The fourth-order valence-corrected chi connectivity index (χ4v) is 6.40. The normalized spacial score (nSPS) is 11.2. The predicted molar refractivity (Wildman–Crippen MR) is 193 cm³/mol. The standard InChI is InChI=1S/C44H31NO/c1-29-14-12-13-21-36(29)43-37(30(2)31-15-6-3-7-16-31)23-24-38-39-26-34(22-25-42(39)46-44(38)43)35-27-40(32-17-8-4-9-18-32)45-41(28-35)33-19-10-5-11-20-33/h3-28H,2H2,1H3. The molecular weight excluding hydrogens is 558 g/mol. The number of aryl methyl sites for hydroxylation is 1. The summed E-state index contributed by atoms with van der Waals surface area (Å²) in [7, 11) is 0. The highest BCUT2D eigenvalue weighted by molar-refractivity contribution is 6.13. The third-order valence-corrected chi connectivity index (χ3v) is 8.80. The molecule has 0 atom stereocenters. The summed E-state index contributed by atoms with van der Waals surface area (Å²) in [5.74, 6) is 0. The quantitative estimate of drug-likeness (QED) is 0.193. The lowest BCUT2D eigenvalue weighted by molar-refractivity contribution is 0.670. The Morgan fingerprint density at radius 1 is 0.543 bits per heavy atom. The molecule has 0 fully saturated rings. The fraction of sp³-hybridized carbons (Fsp3) is 0.0227. The molecule has 0 unspecified atom stereocenters. The summed E-state index contributed by atoms with van der Waals surface area (Å²) >= 11 is 0. The Bertz CT molecular complexity index is 2310. The van der Waals surface area contributed by atoms with Crippen molar-refractivity contribution < 1.29 is 4.42 Å². The van der Waals surface area contributed by atoms with Crippen molar-refractivity contribution in [2.75, 3.05) is 0 Å². The Balaban J connectivity index is 1.34. The van der Waals surface area contributed by atoms with Gasteiger partial charge in [0.2, 0.25) is 0 Å². The number of rotatable bonds is 6. The number of fused-ring (bicyclic) bond motifs is 3. The van der Waals surface area contributed by atoms with E-state index in [1.807, 2.05) is 18.2 Å². The number of hydrogen-bond donors (Lipinski definition) is 0. The first-order valence-electron chi connectivity index (χ1n) is 15.6. The predicted octanol–water partition coefficient (Wildman–Crippen LogP) is 12.0. The van der Waals surface area contributed by atoms with Gasteiger partial charge in [-0.15, -0.1) is 0 Å². The molecule has 0 N–H and O–H groups in total. The third-order valence-electron chi connectivity index (χ3n) is 8.80. The van der Waals surface area contributed by atoms with Crippen LogP contribution in [-0.4, -0.2) is 4.98 Å². The molecule has 0 aliphatic heterocycles. The summed E-state index contributed by atoms with van der Waals surface area (Å²) in [5, 5.41) is 2.17. The summed E-state index contributed by atoms with van der Waals surface area (Å²) in [4.78, 5) is 5.08. The first-order chi connectivity index (χ1) is 22.6. The van der Waals surface area contributed by atoms with Gasteiger partial charge in [-0.25, -0.2) is 4.98 Å². The number of benzene rings is 6. The number of pyridine rings is 1. The molecule has 0 radical (unpaired) electrons. The first-order valence-corrected chi connectivity index (χ1v) is 15.6. The lowest BCUT2D eigenvalue weighted by atomic mass is 9.88. The lowest BCUT2D eigenvalue weighted by Crippen LogP contribution is -1.93. The van der Waals surface area contributed by atoms with Crippen LogP contribution in [-0.2, 0) is 0 Å². The number of aromatic nitrogens is 1. The lowest BCUT2D eigenvalue weighted by Gasteiger charge is -2.15. The van der Waals surface area contributed by atoms with Gasteiger partial charge in [-0.3, -0.25) is 0 Å². The van der Waals surface area contributed by atoms with E-state index in [0.29, 0.717) is 0 Å². The number of nitrogens with zero attached hydrogens (tertiary/aromatic N) is 1. The van der Waals surface area contributed by atoms with E-state index in [-0.39, 0.29) is 0 Å². The highest BCUT2D eigenvalue weighted by atomic mass is 16.3. The van der Waals surface area contributed by atoms with E-state index in [0.717, 1.165) is 83.4 Å². The van der Waals surface area contributed by atoms with Crippen molar-refractivity contribution in [3.8, 4) is 44.8 Å². The second-order valence-electron chi connectivity index (χ2n) is 11.7. The smallest absolute Gasteiger partial charge is 0.143 e. The Morgan fingerprint density at radius 2 is 1.15 bits per heavy atom. The second kappa shape index (κ2) is 11.5. The van der Waals surface area contributed by atoms with E-state index in [2.05, 4.69) is 153 Å². The van der Waals surface area contributed by atoms with Gasteiger partial charge in [0.1, 0.15) is 11.2 Å². The molecule has 0 aliphatic carbocycles. The van der Waals surface area contributed by atoms with Crippen molar-refractivity contribution in [3.05, 3.63) is 181 Å². The average Bonchev–Trinajstić information content (AvgIpc) is 3.50. The molecule has 0 aliphatic rings. The van der Waals surface area contributed by atoms with Crippen molar-refractivity contribution in [3.63, 3.8) is 0 Å². The molecule has 2 nitrogen and oxygen atoms in total. The van der Waals surface area contributed by atoms with E-state index in [1.165, 1.54) is 5.56 Å². The monoisotopic (exact) mass is 589 g/mol. The zero-order valence-electron chi connectivity index (χ0n) is 25.6. The molecule has 0 spiro atoms. The minimum absolute atomic E-state index is 0.858. The summed E-state index contributed by atoms with van der Waals surface area (Å²) in [6.45, 7) is 6.70. The van der Waals surface area contributed by atoms with Crippen LogP contribution in [0.15, 0.2) is 169 Å². The van der Waals surface area contributed by atoms with Crippen LogP contribution in [0.1, 0.15) is 16.7 Å². The number of hydrogen-bond acceptors (Lipinski definition) is 2. The van der Waals surface area contributed by atoms with Crippen LogP contribution in [0.3, 0.4) is 0 Å². The molecule has 2 heterocycles. The molecule has 0 amide bonds. The van der Waals surface area contributed by atoms with Crippen molar-refractivity contribution in [2.24, 2.45) is 0 Å². The van der Waals surface area contributed by atoms with Crippen molar-refractivity contribution in [2.45, 2.75) is 6.92 Å². The highest BCUT2D eigenvalue weighted by Crippen LogP contribution is 2.43. The Labute approximate surface area is 268 Å². The summed E-state index contributed by atoms with van der Waals surface area (Å²) in [5.41, 5.74) is 14.6. The highest BCUT2D eigenvalue weighted by Gasteiger charge is 2.20. The summed E-state index contributed by atoms with van der Waals surface area (Å²) in [6.07, 6.45) is 0. The van der Waals surface area contributed by atoms with Crippen LogP contribution < -0.4 is 0 Å². The second-order valence-corrected chi connectivity index (χ2v) is 11.7. The van der Waals surface area contributed by atoms with Gasteiger partial charge in [0.25, 0.3) is 0 Å². The molecule has 0 bridgehead atoms. The van der Waals surface area contributed by atoms with Crippen molar-refractivity contribution >= 4 is 27.5 Å². The topological polar surface area (TPSA) is 26.0 Å². The van der Waals surface area contributed by atoms with Crippen LogP contribution >= 0.6 is 0 Å². The van der Waals surface area contributed by atoms with E-state index >= 15 is 0 Å². The van der Waals surface area contributed by atoms with E-state index < -0.39 is 0 Å². The maximum absolute atomic E-state index is 6.74. The van der Waals surface area contributed by atoms with Crippen LogP contribution in [0, 0.1) is 6.92 Å². The minimum atomic E-state index is 0.858. The van der Waals surface area contributed by atoms with Crippen LogP contribution in [0.25, 0.3) is 72.3 Å². The Hall–Kier alpha value is -5.99. The molecule has 46 heavy (non-hydrogen) atoms. The van der Waals surface area contributed by atoms with Crippen LogP contribution in [0.5, 0.6) is 0 Å². The summed E-state index contributed by atoms with van der Waals surface area (Å²) < 4.78 is 6.74. The minimum Gasteiger partial charge on any atom is -0.455 e. The molecule has 8 rings (SSSR count). The van der Waals surface area contributed by atoms with Gasteiger partial charge in [-0.1, -0.05) is 134 Å². The van der Waals surface area contributed by atoms with Gasteiger partial charge in [-0.2, -0.15) is 0 Å². The molecular formula is C44H31NO. The van der Waals surface area contributed by atoms with Gasteiger partial charge in [0, 0.05) is 27.5 Å². The van der Waals surface area contributed by atoms with Gasteiger partial charge >= 0.3 is 0 Å². The van der Waals surface area contributed by atoms with E-state index in [1.54, 1.807) is 0 Å². The third kappa shape index (κ3) is 4.91. The van der Waals surface area contributed by atoms with E-state index in [9.17, 15) is 0 Å². The van der Waals surface area contributed by atoms with Crippen molar-refractivity contribution in [1.29, 1.82) is 0 Å². The van der Waals surface area contributed by atoms with Crippen molar-refractivity contribution in [1.82, 2.24) is 4.98 Å². The van der Waals surface area contributed by atoms with Gasteiger partial charge < -0.3 is 4.42 Å². The molecule has 218 valence electrons. The van der Waals surface area contributed by atoms with E-state index in [4.69, 9.17) is 9.40 Å². The molecule has 6 aromatic carbocycles. The first kappa shape index (κ1) is 27.6. The van der Waals surface area contributed by atoms with Gasteiger partial charge in [-0.05, 0) is 76.2 Å². The molecule has 2 aromatic heterocycles. The zero-order valence-corrected chi connectivity index (χ0v) is 25.6. The maximum Gasteiger partial charge on any atom is 0.143 e. The Morgan fingerprint density at radius 3 is 1.80 bits per heavy atom. The maximum atomic E-state index is 6.74. The zero-order chi connectivity index (χ0) is 31.0. The molecule has 8 aromatic rings. The number of furan rings is 1. The average molecular weight is 590 g/mol. The van der Waals surface area contributed by atoms with Gasteiger partial charge in [0.15, 0.2) is 0 Å².